The molecule has 0 aliphatic heterocycles. The normalized spacial score (nSPS) is 10.8. The number of hydrogen-bond acceptors (Lipinski definition) is 5. The molecule has 0 aliphatic carbocycles. The molecule has 1 heterocycles. The van der Waals surface area contributed by atoms with Gasteiger partial charge in [-0.2, -0.15) is 0 Å². The van der Waals surface area contributed by atoms with Crippen LogP contribution in [0, 0.1) is 20.8 Å². The number of anilines is 1. The minimum Gasteiger partial charge on any atom is -0.507 e. The van der Waals surface area contributed by atoms with Gasteiger partial charge in [0.2, 0.25) is 5.89 Å². The van der Waals surface area contributed by atoms with E-state index in [9.17, 15) is 9.90 Å². The molecule has 0 radical (unpaired) electrons. The van der Waals surface area contributed by atoms with E-state index >= 15 is 0 Å². The Hall–Kier alpha value is -3.71. The van der Waals surface area contributed by atoms with E-state index in [-0.39, 0.29) is 16.8 Å². The Morgan fingerprint density at radius 1 is 1.00 bits per heavy atom. The third-order valence-corrected chi connectivity index (χ3v) is 5.05. The molecule has 1 aromatic heterocycles. The Morgan fingerprint density at radius 3 is 2.45 bits per heavy atom. The lowest BCUT2D eigenvalue weighted by atomic mass is 10.1. The van der Waals surface area contributed by atoms with Gasteiger partial charge in [-0.1, -0.05) is 23.8 Å². The van der Waals surface area contributed by atoms with E-state index < -0.39 is 0 Å². The highest BCUT2D eigenvalue weighted by atomic mass is 32.1. The number of fused-ring (bicyclic) bond motifs is 1. The van der Waals surface area contributed by atoms with E-state index in [4.69, 9.17) is 16.6 Å². The number of phenolic OH excluding ortho intramolecular Hbond substituents is 1. The van der Waals surface area contributed by atoms with Crippen molar-refractivity contribution in [3.63, 3.8) is 0 Å². The van der Waals surface area contributed by atoms with Crippen molar-refractivity contribution in [2.24, 2.45) is 0 Å². The summed E-state index contributed by atoms with van der Waals surface area (Å²) in [5.41, 5.74) is 6.09. The van der Waals surface area contributed by atoms with Crippen LogP contribution in [-0.4, -0.2) is 21.1 Å². The zero-order chi connectivity index (χ0) is 22.1. The summed E-state index contributed by atoms with van der Waals surface area (Å²) in [5, 5.41) is 16.2. The summed E-state index contributed by atoms with van der Waals surface area (Å²) in [4.78, 5) is 16.8. The van der Waals surface area contributed by atoms with Crippen molar-refractivity contribution in [1.82, 2.24) is 10.3 Å². The number of carbonyl (C=O) groups excluding carboxylic acids is 1. The summed E-state index contributed by atoms with van der Waals surface area (Å²) in [7, 11) is 0. The fourth-order valence-corrected chi connectivity index (χ4v) is 3.54. The van der Waals surface area contributed by atoms with Gasteiger partial charge in [-0.15, -0.1) is 0 Å². The van der Waals surface area contributed by atoms with E-state index in [2.05, 4.69) is 15.6 Å². The molecule has 0 unspecified atom stereocenters. The fourth-order valence-electron chi connectivity index (χ4n) is 3.32. The van der Waals surface area contributed by atoms with Gasteiger partial charge in [0.15, 0.2) is 10.7 Å². The molecule has 3 aromatic carbocycles. The van der Waals surface area contributed by atoms with Crippen LogP contribution in [0.2, 0.25) is 0 Å². The minimum atomic E-state index is -0.310. The van der Waals surface area contributed by atoms with Crippen LogP contribution in [0.5, 0.6) is 5.75 Å². The highest BCUT2D eigenvalue weighted by molar-refractivity contribution is 7.80. The summed E-state index contributed by atoms with van der Waals surface area (Å²) in [6, 6.07) is 16.1. The summed E-state index contributed by atoms with van der Waals surface area (Å²) in [6.45, 7) is 5.91. The number of thiocarbonyl (C=S) groups is 1. The lowest BCUT2D eigenvalue weighted by Crippen LogP contribution is -2.34. The summed E-state index contributed by atoms with van der Waals surface area (Å²) in [5.74, 6) is 0.0112. The average molecular weight is 432 g/mol. The first kappa shape index (κ1) is 20.6. The standard InChI is InChI=1S/C24H21N3O3S/c1-13-4-6-16(7-5-13)22(29)27-24(31)25-17-8-9-18(20(28)12-17)23-26-19-11-14(2)10-15(3)21(19)30-23/h4-12,28H,1-3H3,(H2,25,27,29,31). The smallest absolute Gasteiger partial charge is 0.257 e. The summed E-state index contributed by atoms with van der Waals surface area (Å²) >= 11 is 5.22. The SMILES string of the molecule is Cc1ccc(C(=O)NC(=S)Nc2ccc(-c3nc4cc(C)cc(C)c4o3)c(O)c2)cc1. The van der Waals surface area contributed by atoms with Crippen LogP contribution in [0.4, 0.5) is 5.69 Å². The fraction of sp³-hybridized carbons (Fsp3) is 0.125. The Kier molecular flexibility index (Phi) is 5.44. The molecule has 0 saturated heterocycles. The maximum absolute atomic E-state index is 12.3. The van der Waals surface area contributed by atoms with Gasteiger partial charge in [0.05, 0.1) is 5.56 Å². The highest BCUT2D eigenvalue weighted by Gasteiger charge is 2.15. The van der Waals surface area contributed by atoms with Crippen LogP contribution < -0.4 is 10.6 Å². The lowest BCUT2D eigenvalue weighted by Gasteiger charge is -2.11. The molecule has 156 valence electrons. The van der Waals surface area contributed by atoms with Crippen molar-refractivity contribution >= 4 is 40.0 Å². The molecule has 3 N–H and O–H groups in total. The second-order valence-corrected chi connectivity index (χ2v) is 7.86. The van der Waals surface area contributed by atoms with Crippen LogP contribution in [0.1, 0.15) is 27.0 Å². The summed E-state index contributed by atoms with van der Waals surface area (Å²) in [6.07, 6.45) is 0. The molecule has 1 amide bonds. The van der Waals surface area contributed by atoms with Gasteiger partial charge < -0.3 is 14.8 Å². The molecule has 0 aliphatic rings. The predicted molar refractivity (Wildman–Crippen MR) is 125 cm³/mol. The Bertz CT molecular complexity index is 1310. The van der Waals surface area contributed by atoms with Gasteiger partial charge in [0.1, 0.15) is 11.3 Å². The molecule has 0 fully saturated rings. The highest BCUT2D eigenvalue weighted by Crippen LogP contribution is 2.34. The third-order valence-electron chi connectivity index (χ3n) is 4.85. The van der Waals surface area contributed by atoms with Crippen LogP contribution in [0.3, 0.4) is 0 Å². The van der Waals surface area contributed by atoms with E-state index in [0.29, 0.717) is 28.3 Å². The van der Waals surface area contributed by atoms with Crippen LogP contribution in [0.25, 0.3) is 22.6 Å². The number of aromatic hydroxyl groups is 1. The number of aryl methyl sites for hydroxylation is 3. The maximum Gasteiger partial charge on any atom is 0.257 e. The molecule has 0 saturated carbocycles. The second kappa shape index (κ2) is 8.20. The van der Waals surface area contributed by atoms with Crippen molar-refractivity contribution in [3.05, 3.63) is 76.9 Å². The Labute approximate surface area is 184 Å². The third kappa shape index (κ3) is 4.41. The van der Waals surface area contributed by atoms with E-state index in [0.717, 1.165) is 22.2 Å². The van der Waals surface area contributed by atoms with Gasteiger partial charge in [-0.05, 0) is 74.4 Å². The number of oxazole rings is 1. The first-order valence-electron chi connectivity index (χ1n) is 9.70. The first-order valence-corrected chi connectivity index (χ1v) is 10.1. The van der Waals surface area contributed by atoms with Crippen molar-refractivity contribution in [2.45, 2.75) is 20.8 Å². The van der Waals surface area contributed by atoms with E-state index in [1.54, 1.807) is 24.3 Å². The quantitative estimate of drug-likeness (QED) is 0.384. The van der Waals surface area contributed by atoms with Gasteiger partial charge in [-0.25, -0.2) is 4.98 Å². The molecular formula is C24H21N3O3S. The van der Waals surface area contributed by atoms with Gasteiger partial charge in [0, 0.05) is 17.3 Å². The monoisotopic (exact) mass is 431 g/mol. The number of nitrogens with one attached hydrogen (secondary N) is 2. The zero-order valence-corrected chi connectivity index (χ0v) is 18.1. The van der Waals surface area contributed by atoms with Gasteiger partial charge >= 0.3 is 0 Å². The molecular weight excluding hydrogens is 410 g/mol. The average Bonchev–Trinajstić information content (AvgIpc) is 3.12. The number of nitrogens with zero attached hydrogens (tertiary/aromatic N) is 1. The molecule has 4 rings (SSSR count). The number of phenols is 1. The lowest BCUT2D eigenvalue weighted by molar-refractivity contribution is 0.0977. The number of rotatable bonds is 3. The van der Waals surface area contributed by atoms with Gasteiger partial charge in [-0.3, -0.25) is 10.1 Å². The number of hydrogen-bond donors (Lipinski definition) is 3. The molecule has 0 atom stereocenters. The number of amides is 1. The second-order valence-electron chi connectivity index (χ2n) is 7.46. The number of carbonyl (C=O) groups is 1. The van der Waals surface area contributed by atoms with Crippen LogP contribution >= 0.6 is 12.2 Å². The van der Waals surface area contributed by atoms with E-state index in [1.165, 1.54) is 6.07 Å². The number of benzene rings is 3. The molecule has 6 nitrogen and oxygen atoms in total. The zero-order valence-electron chi connectivity index (χ0n) is 17.3. The van der Waals surface area contributed by atoms with Crippen molar-refractivity contribution in [2.75, 3.05) is 5.32 Å². The van der Waals surface area contributed by atoms with E-state index in [1.807, 2.05) is 45.0 Å². The van der Waals surface area contributed by atoms with Gasteiger partial charge in [0.25, 0.3) is 5.91 Å². The largest absolute Gasteiger partial charge is 0.507 e. The number of aromatic nitrogens is 1. The molecule has 0 spiro atoms. The minimum absolute atomic E-state index is 0.0152. The Morgan fingerprint density at radius 2 is 1.74 bits per heavy atom. The van der Waals surface area contributed by atoms with Crippen LogP contribution in [-0.2, 0) is 0 Å². The topological polar surface area (TPSA) is 87.4 Å². The van der Waals surface area contributed by atoms with Crippen molar-refractivity contribution in [1.29, 1.82) is 0 Å². The predicted octanol–water partition coefficient (Wildman–Crippen LogP) is 5.25. The Balaban J connectivity index is 1.50. The molecule has 31 heavy (non-hydrogen) atoms. The van der Waals surface area contributed by atoms with Crippen LogP contribution in [0.15, 0.2) is 59.0 Å². The van der Waals surface area contributed by atoms with Crippen molar-refractivity contribution < 1.29 is 14.3 Å². The maximum atomic E-state index is 12.3. The molecule has 4 aromatic rings. The summed E-state index contributed by atoms with van der Waals surface area (Å²) < 4.78 is 5.88. The van der Waals surface area contributed by atoms with Crippen molar-refractivity contribution in [3.8, 4) is 17.2 Å². The molecule has 7 heteroatoms. The molecule has 0 bridgehead atoms. The first-order chi connectivity index (χ1) is 14.8.